The summed E-state index contributed by atoms with van der Waals surface area (Å²) in [7, 11) is 1.61. The standard InChI is InChI=1S/C18H12ClN3O2S/c1-24-14-5-3-2-4-12(14)10-15-17(23)22-16(20-21-18(22)25-15)11-6-8-13(19)9-7-11/h2-10H,1H3/b15-10+. The van der Waals surface area contributed by atoms with Crippen LogP contribution in [0.15, 0.2) is 53.3 Å². The van der Waals surface area contributed by atoms with Crippen molar-refractivity contribution in [2.45, 2.75) is 0 Å². The lowest BCUT2D eigenvalue weighted by molar-refractivity contribution is 0.414. The zero-order valence-electron chi connectivity index (χ0n) is 13.1. The van der Waals surface area contributed by atoms with Crippen LogP contribution in [-0.4, -0.2) is 21.7 Å². The lowest BCUT2D eigenvalue weighted by Crippen LogP contribution is -2.23. The number of nitrogens with zero attached hydrogens (tertiary/aromatic N) is 3. The molecule has 25 heavy (non-hydrogen) atoms. The average molecular weight is 370 g/mol. The number of halogens is 1. The lowest BCUT2D eigenvalue weighted by atomic mass is 10.2. The van der Waals surface area contributed by atoms with Crippen LogP contribution in [0, 0.1) is 0 Å². The molecular formula is C18H12ClN3O2S. The van der Waals surface area contributed by atoms with Crippen molar-refractivity contribution in [2.75, 3.05) is 7.11 Å². The minimum atomic E-state index is -0.152. The Morgan fingerprint density at radius 3 is 2.64 bits per heavy atom. The summed E-state index contributed by atoms with van der Waals surface area (Å²) < 4.78 is 7.44. The third kappa shape index (κ3) is 2.79. The van der Waals surface area contributed by atoms with E-state index in [1.54, 1.807) is 19.2 Å². The Balaban J connectivity index is 1.91. The van der Waals surface area contributed by atoms with Gasteiger partial charge in [0.25, 0.3) is 5.56 Å². The van der Waals surface area contributed by atoms with E-state index in [0.29, 0.717) is 26.1 Å². The summed E-state index contributed by atoms with van der Waals surface area (Å²) in [5.74, 6) is 1.22. The molecule has 0 aliphatic rings. The zero-order chi connectivity index (χ0) is 17.4. The summed E-state index contributed by atoms with van der Waals surface area (Å²) in [6, 6.07) is 14.7. The first-order chi connectivity index (χ1) is 12.2. The number of para-hydroxylation sites is 1. The summed E-state index contributed by atoms with van der Waals surface area (Å²) in [5.41, 5.74) is 1.48. The molecular weight excluding hydrogens is 358 g/mol. The van der Waals surface area contributed by atoms with Crippen LogP contribution < -0.4 is 14.8 Å². The van der Waals surface area contributed by atoms with Crippen LogP contribution in [0.1, 0.15) is 5.56 Å². The number of rotatable bonds is 3. The van der Waals surface area contributed by atoms with Gasteiger partial charge >= 0.3 is 0 Å². The molecule has 4 aromatic rings. The minimum Gasteiger partial charge on any atom is -0.496 e. The molecule has 0 unspecified atom stereocenters. The predicted molar refractivity (Wildman–Crippen MR) is 99.4 cm³/mol. The Hall–Kier alpha value is -2.70. The molecule has 124 valence electrons. The van der Waals surface area contributed by atoms with E-state index in [0.717, 1.165) is 11.1 Å². The van der Waals surface area contributed by atoms with E-state index >= 15 is 0 Å². The fourth-order valence-electron chi connectivity index (χ4n) is 2.58. The Morgan fingerprint density at radius 2 is 1.88 bits per heavy atom. The quantitative estimate of drug-likeness (QED) is 0.557. The zero-order valence-corrected chi connectivity index (χ0v) is 14.7. The lowest BCUT2D eigenvalue weighted by Gasteiger charge is -2.02. The Morgan fingerprint density at radius 1 is 1.12 bits per heavy atom. The molecule has 0 saturated carbocycles. The molecule has 2 aromatic heterocycles. The molecule has 0 bridgehead atoms. The summed E-state index contributed by atoms with van der Waals surface area (Å²) in [6.07, 6.45) is 1.81. The van der Waals surface area contributed by atoms with E-state index in [9.17, 15) is 4.79 Å². The second-order valence-corrected chi connectivity index (χ2v) is 6.75. The van der Waals surface area contributed by atoms with Crippen LogP contribution in [0.5, 0.6) is 5.75 Å². The average Bonchev–Trinajstić information content (AvgIpc) is 3.17. The highest BCUT2D eigenvalue weighted by molar-refractivity contribution is 7.15. The topological polar surface area (TPSA) is 56.5 Å². The molecule has 0 saturated heterocycles. The van der Waals surface area contributed by atoms with Crippen LogP contribution in [0.4, 0.5) is 0 Å². The van der Waals surface area contributed by atoms with Gasteiger partial charge in [-0.2, -0.15) is 0 Å². The molecule has 0 N–H and O–H groups in total. The number of hydrogen-bond acceptors (Lipinski definition) is 5. The van der Waals surface area contributed by atoms with E-state index in [-0.39, 0.29) is 5.56 Å². The Bertz CT molecular complexity index is 1170. The molecule has 2 heterocycles. The van der Waals surface area contributed by atoms with Crippen molar-refractivity contribution in [2.24, 2.45) is 0 Å². The largest absolute Gasteiger partial charge is 0.496 e. The minimum absolute atomic E-state index is 0.152. The number of benzene rings is 2. The molecule has 0 atom stereocenters. The van der Waals surface area contributed by atoms with E-state index < -0.39 is 0 Å². The van der Waals surface area contributed by atoms with Crippen molar-refractivity contribution in [1.82, 2.24) is 14.6 Å². The van der Waals surface area contributed by atoms with Crippen molar-refractivity contribution in [1.29, 1.82) is 0 Å². The van der Waals surface area contributed by atoms with Gasteiger partial charge in [-0.1, -0.05) is 41.1 Å². The van der Waals surface area contributed by atoms with E-state index in [2.05, 4.69) is 10.2 Å². The van der Waals surface area contributed by atoms with Crippen molar-refractivity contribution >= 4 is 34.0 Å². The maximum absolute atomic E-state index is 12.8. The molecule has 2 aromatic carbocycles. The molecule has 0 amide bonds. The highest BCUT2D eigenvalue weighted by Crippen LogP contribution is 2.21. The number of methoxy groups -OCH3 is 1. The predicted octanol–water partition coefficient (Wildman–Crippen LogP) is 3.03. The smallest absolute Gasteiger partial charge is 0.276 e. The van der Waals surface area contributed by atoms with Gasteiger partial charge in [-0.25, -0.2) is 4.40 Å². The van der Waals surface area contributed by atoms with Gasteiger partial charge in [-0.3, -0.25) is 4.79 Å². The Labute approximate surface area is 151 Å². The second kappa shape index (κ2) is 6.31. The third-order valence-corrected chi connectivity index (χ3v) is 4.99. The van der Waals surface area contributed by atoms with Crippen molar-refractivity contribution in [3.63, 3.8) is 0 Å². The normalized spacial score (nSPS) is 12.0. The maximum atomic E-state index is 12.8. The van der Waals surface area contributed by atoms with Crippen molar-refractivity contribution in [3.05, 3.63) is 74.0 Å². The second-order valence-electron chi connectivity index (χ2n) is 5.31. The first-order valence-corrected chi connectivity index (χ1v) is 8.65. The molecule has 0 fully saturated rings. The van der Waals surface area contributed by atoms with Crippen LogP contribution in [0.25, 0.3) is 22.4 Å². The fraction of sp³-hybridized carbons (Fsp3) is 0.0556. The van der Waals surface area contributed by atoms with Gasteiger partial charge in [0, 0.05) is 16.1 Å². The van der Waals surface area contributed by atoms with Crippen LogP contribution in [0.2, 0.25) is 5.02 Å². The van der Waals surface area contributed by atoms with Gasteiger partial charge in [0.15, 0.2) is 5.82 Å². The van der Waals surface area contributed by atoms with Gasteiger partial charge in [0.1, 0.15) is 5.75 Å². The van der Waals surface area contributed by atoms with E-state index in [4.69, 9.17) is 16.3 Å². The third-order valence-electron chi connectivity index (χ3n) is 3.78. The number of ether oxygens (including phenoxy) is 1. The monoisotopic (exact) mass is 369 g/mol. The summed E-state index contributed by atoms with van der Waals surface area (Å²) in [5, 5.41) is 8.90. The van der Waals surface area contributed by atoms with Crippen molar-refractivity contribution < 1.29 is 4.74 Å². The highest BCUT2D eigenvalue weighted by atomic mass is 35.5. The molecule has 4 rings (SSSR count). The van der Waals surface area contributed by atoms with E-state index in [1.165, 1.54) is 15.7 Å². The Kier molecular flexibility index (Phi) is 3.99. The molecule has 7 heteroatoms. The van der Waals surface area contributed by atoms with Gasteiger partial charge in [-0.05, 0) is 36.4 Å². The number of fused-ring (bicyclic) bond motifs is 1. The summed E-state index contributed by atoms with van der Waals surface area (Å²) in [6.45, 7) is 0. The summed E-state index contributed by atoms with van der Waals surface area (Å²) in [4.78, 5) is 13.4. The first kappa shape index (κ1) is 15.8. The van der Waals surface area contributed by atoms with Crippen molar-refractivity contribution in [3.8, 4) is 17.1 Å². The van der Waals surface area contributed by atoms with E-state index in [1.807, 2.05) is 42.5 Å². The van der Waals surface area contributed by atoms with Gasteiger partial charge in [0.2, 0.25) is 4.96 Å². The molecule has 0 aliphatic heterocycles. The summed E-state index contributed by atoms with van der Waals surface area (Å²) >= 11 is 7.22. The van der Waals surface area contributed by atoms with Gasteiger partial charge in [-0.15, -0.1) is 10.2 Å². The molecule has 5 nitrogen and oxygen atoms in total. The van der Waals surface area contributed by atoms with Crippen LogP contribution in [-0.2, 0) is 0 Å². The highest BCUT2D eigenvalue weighted by Gasteiger charge is 2.14. The van der Waals surface area contributed by atoms with Gasteiger partial charge in [0.05, 0.1) is 11.6 Å². The SMILES string of the molecule is COc1ccccc1/C=c1/sc2nnc(-c3ccc(Cl)cc3)n2c1=O. The molecule has 0 radical (unpaired) electrons. The van der Waals surface area contributed by atoms with Gasteiger partial charge < -0.3 is 4.74 Å². The number of aromatic nitrogens is 3. The maximum Gasteiger partial charge on any atom is 0.276 e. The molecule has 0 aliphatic carbocycles. The van der Waals surface area contributed by atoms with Crippen LogP contribution >= 0.6 is 22.9 Å². The molecule has 0 spiro atoms. The fourth-order valence-corrected chi connectivity index (χ4v) is 3.60. The van der Waals surface area contributed by atoms with Crippen LogP contribution in [0.3, 0.4) is 0 Å². The first-order valence-electron chi connectivity index (χ1n) is 7.46. The number of thiazole rings is 1. The number of hydrogen-bond donors (Lipinski definition) is 0.